The highest BCUT2D eigenvalue weighted by atomic mass is 35.5. The first-order chi connectivity index (χ1) is 15.9. The van der Waals surface area contributed by atoms with Crippen molar-refractivity contribution >= 4 is 75.1 Å². The number of carbonyl (C=O) groups is 2. The van der Waals surface area contributed by atoms with Crippen LogP contribution in [0.25, 0.3) is 6.08 Å². The lowest BCUT2D eigenvalue weighted by molar-refractivity contribution is -0.122. The van der Waals surface area contributed by atoms with E-state index < -0.39 is 0 Å². The second kappa shape index (κ2) is 10.4. The smallest absolute Gasteiger partial charge is 0.266 e. The SMILES string of the molecule is O=C(COc1cccc(/C=C2\SC(=S)N(Cc3ccco3)C2=O)c1)Nc1cc(Cl)cc(Cl)c1. The van der Waals surface area contributed by atoms with Gasteiger partial charge in [0, 0.05) is 15.7 Å². The van der Waals surface area contributed by atoms with Gasteiger partial charge in [0.05, 0.1) is 17.7 Å². The fraction of sp³-hybridized carbons (Fsp3) is 0.0870. The summed E-state index contributed by atoms with van der Waals surface area (Å²) < 4.78 is 11.4. The first-order valence-electron chi connectivity index (χ1n) is 9.64. The van der Waals surface area contributed by atoms with Gasteiger partial charge < -0.3 is 14.5 Å². The van der Waals surface area contributed by atoms with Crippen molar-refractivity contribution in [1.82, 2.24) is 4.90 Å². The van der Waals surface area contributed by atoms with Crippen molar-refractivity contribution in [2.75, 3.05) is 11.9 Å². The van der Waals surface area contributed by atoms with Crippen molar-refractivity contribution in [3.8, 4) is 5.75 Å². The topological polar surface area (TPSA) is 71.8 Å². The van der Waals surface area contributed by atoms with Crippen LogP contribution in [-0.4, -0.2) is 27.6 Å². The van der Waals surface area contributed by atoms with Crippen molar-refractivity contribution in [3.63, 3.8) is 0 Å². The molecule has 4 rings (SSSR count). The lowest BCUT2D eigenvalue weighted by atomic mass is 10.2. The minimum atomic E-state index is -0.363. The first kappa shape index (κ1) is 23.4. The quantitative estimate of drug-likeness (QED) is 0.305. The van der Waals surface area contributed by atoms with Crippen LogP contribution in [0.4, 0.5) is 5.69 Å². The van der Waals surface area contributed by atoms with Gasteiger partial charge in [-0.1, -0.05) is 59.3 Å². The summed E-state index contributed by atoms with van der Waals surface area (Å²) in [4.78, 5) is 27.0. The Morgan fingerprint density at radius 1 is 1.15 bits per heavy atom. The summed E-state index contributed by atoms with van der Waals surface area (Å²) in [5.41, 5.74) is 1.22. The van der Waals surface area contributed by atoms with E-state index in [2.05, 4.69) is 5.32 Å². The normalized spacial score (nSPS) is 14.7. The first-order valence-corrected chi connectivity index (χ1v) is 11.6. The number of halogens is 2. The van der Waals surface area contributed by atoms with Crippen LogP contribution >= 0.6 is 47.2 Å². The molecule has 0 aliphatic carbocycles. The highest BCUT2D eigenvalue weighted by Gasteiger charge is 2.32. The molecule has 1 fully saturated rings. The van der Waals surface area contributed by atoms with Gasteiger partial charge in [0.1, 0.15) is 15.8 Å². The van der Waals surface area contributed by atoms with E-state index in [1.165, 1.54) is 16.7 Å². The van der Waals surface area contributed by atoms with Crippen molar-refractivity contribution in [2.24, 2.45) is 0 Å². The van der Waals surface area contributed by atoms with Crippen LogP contribution in [0.15, 0.2) is 70.2 Å². The van der Waals surface area contributed by atoms with Crippen LogP contribution in [0.1, 0.15) is 11.3 Å². The molecule has 10 heteroatoms. The predicted molar refractivity (Wildman–Crippen MR) is 134 cm³/mol. The molecule has 0 bridgehead atoms. The lowest BCUT2D eigenvalue weighted by Crippen LogP contribution is -2.27. The van der Waals surface area contributed by atoms with E-state index in [-0.39, 0.29) is 25.0 Å². The maximum Gasteiger partial charge on any atom is 0.266 e. The summed E-state index contributed by atoms with van der Waals surface area (Å²) in [7, 11) is 0. The lowest BCUT2D eigenvalue weighted by Gasteiger charge is -2.12. The molecule has 0 spiro atoms. The van der Waals surface area contributed by atoms with Gasteiger partial charge in [0.25, 0.3) is 11.8 Å². The van der Waals surface area contributed by atoms with E-state index >= 15 is 0 Å². The van der Waals surface area contributed by atoms with Gasteiger partial charge in [-0.15, -0.1) is 0 Å². The minimum Gasteiger partial charge on any atom is -0.484 e. The zero-order valence-electron chi connectivity index (χ0n) is 16.9. The molecule has 0 radical (unpaired) electrons. The second-order valence-electron chi connectivity index (χ2n) is 6.91. The van der Waals surface area contributed by atoms with Gasteiger partial charge in [-0.2, -0.15) is 0 Å². The van der Waals surface area contributed by atoms with Crippen LogP contribution in [0, 0.1) is 0 Å². The molecular weight excluding hydrogens is 503 g/mol. The van der Waals surface area contributed by atoms with Crippen LogP contribution in [0.3, 0.4) is 0 Å². The monoisotopic (exact) mass is 518 g/mol. The average molecular weight is 519 g/mol. The molecule has 3 aromatic rings. The number of hydrogen-bond donors (Lipinski definition) is 1. The third-order valence-corrected chi connectivity index (χ3v) is 6.25. The highest BCUT2D eigenvalue weighted by molar-refractivity contribution is 8.26. The Labute approximate surface area is 209 Å². The third kappa shape index (κ3) is 6.17. The highest BCUT2D eigenvalue weighted by Crippen LogP contribution is 2.34. The third-order valence-electron chi connectivity index (χ3n) is 4.44. The predicted octanol–water partition coefficient (Wildman–Crippen LogP) is 6.01. The van der Waals surface area contributed by atoms with Crippen LogP contribution in [0.2, 0.25) is 10.0 Å². The zero-order valence-corrected chi connectivity index (χ0v) is 20.1. The number of carbonyl (C=O) groups excluding carboxylic acids is 2. The van der Waals surface area contributed by atoms with Gasteiger partial charge in [-0.3, -0.25) is 14.5 Å². The molecule has 2 amide bonds. The fourth-order valence-electron chi connectivity index (χ4n) is 3.01. The molecule has 33 heavy (non-hydrogen) atoms. The average Bonchev–Trinajstić information content (AvgIpc) is 3.36. The number of ether oxygens (including phenoxy) is 1. The van der Waals surface area contributed by atoms with E-state index in [9.17, 15) is 9.59 Å². The van der Waals surface area contributed by atoms with E-state index in [1.54, 1.807) is 60.9 Å². The molecule has 168 valence electrons. The Morgan fingerprint density at radius 2 is 1.94 bits per heavy atom. The van der Waals surface area contributed by atoms with Crippen LogP contribution in [-0.2, 0) is 16.1 Å². The zero-order chi connectivity index (χ0) is 23.4. The van der Waals surface area contributed by atoms with Crippen molar-refractivity contribution in [2.45, 2.75) is 6.54 Å². The summed E-state index contributed by atoms with van der Waals surface area (Å²) in [6.07, 6.45) is 3.29. The fourth-order valence-corrected chi connectivity index (χ4v) is 4.79. The molecule has 1 aliphatic heterocycles. The largest absolute Gasteiger partial charge is 0.484 e. The molecule has 6 nitrogen and oxygen atoms in total. The number of hydrogen-bond acceptors (Lipinski definition) is 6. The number of furan rings is 1. The molecule has 0 atom stereocenters. The summed E-state index contributed by atoms with van der Waals surface area (Å²) in [6, 6.07) is 15.4. The minimum absolute atomic E-state index is 0.188. The molecule has 0 saturated carbocycles. The molecular formula is C23H16Cl2N2O4S2. The number of rotatable bonds is 7. The molecule has 1 saturated heterocycles. The van der Waals surface area contributed by atoms with Crippen LogP contribution < -0.4 is 10.1 Å². The second-order valence-corrected chi connectivity index (χ2v) is 9.46. The van der Waals surface area contributed by atoms with Crippen molar-refractivity contribution in [1.29, 1.82) is 0 Å². The van der Waals surface area contributed by atoms with E-state index in [1.807, 2.05) is 6.07 Å². The summed E-state index contributed by atoms with van der Waals surface area (Å²) in [6.45, 7) is 0.0734. The van der Waals surface area contributed by atoms with Gasteiger partial charge >= 0.3 is 0 Å². The standard InChI is InChI=1S/C23H16Cl2N2O4S2/c24-15-9-16(25)11-17(10-15)26-21(28)13-31-18-4-1-3-14(7-18)8-20-22(29)27(23(32)33-20)12-19-5-2-6-30-19/h1-11H,12-13H2,(H,26,28)/b20-8-. The molecule has 2 aromatic carbocycles. The number of benzene rings is 2. The Balaban J connectivity index is 1.38. The van der Waals surface area contributed by atoms with Gasteiger partial charge in [-0.05, 0) is 54.1 Å². The Kier molecular flexibility index (Phi) is 7.39. The van der Waals surface area contributed by atoms with Gasteiger partial charge in [-0.25, -0.2) is 0 Å². The van der Waals surface area contributed by atoms with E-state index in [0.29, 0.717) is 36.5 Å². The Morgan fingerprint density at radius 3 is 2.67 bits per heavy atom. The molecule has 2 heterocycles. The number of thioether (sulfide) groups is 1. The molecule has 1 aliphatic rings. The Bertz CT molecular complexity index is 1220. The van der Waals surface area contributed by atoms with Crippen LogP contribution in [0.5, 0.6) is 5.75 Å². The maximum absolute atomic E-state index is 12.8. The van der Waals surface area contributed by atoms with Gasteiger partial charge in [0.2, 0.25) is 0 Å². The van der Waals surface area contributed by atoms with Crippen molar-refractivity contribution in [3.05, 3.63) is 87.1 Å². The number of nitrogens with zero attached hydrogens (tertiary/aromatic N) is 1. The number of nitrogens with one attached hydrogen (secondary N) is 1. The Hall–Kier alpha value is -2.78. The van der Waals surface area contributed by atoms with Gasteiger partial charge in [0.15, 0.2) is 6.61 Å². The number of anilines is 1. The number of amides is 2. The maximum atomic E-state index is 12.8. The molecule has 1 aromatic heterocycles. The summed E-state index contributed by atoms with van der Waals surface area (Å²) >= 11 is 18.5. The molecule has 1 N–H and O–H groups in total. The molecule has 0 unspecified atom stereocenters. The van der Waals surface area contributed by atoms with E-state index in [0.717, 1.165) is 5.56 Å². The van der Waals surface area contributed by atoms with E-state index in [4.69, 9.17) is 44.6 Å². The summed E-state index contributed by atoms with van der Waals surface area (Å²) in [5, 5.41) is 3.52. The number of thiocarbonyl (C=S) groups is 1. The summed E-state index contributed by atoms with van der Waals surface area (Å²) in [5.74, 6) is 0.583. The van der Waals surface area contributed by atoms with Crippen molar-refractivity contribution < 1.29 is 18.7 Å².